The molecular formula is C14H9ClF3N3. The maximum atomic E-state index is 13.0. The molecule has 1 aromatic carbocycles. The van der Waals surface area contributed by atoms with E-state index in [0.29, 0.717) is 21.7 Å². The molecule has 0 amide bonds. The van der Waals surface area contributed by atoms with Gasteiger partial charge in [0.05, 0.1) is 28.5 Å². The van der Waals surface area contributed by atoms with Crippen molar-refractivity contribution in [3.05, 3.63) is 46.1 Å². The van der Waals surface area contributed by atoms with E-state index in [-0.39, 0.29) is 17.9 Å². The van der Waals surface area contributed by atoms with Gasteiger partial charge in [-0.05, 0) is 23.8 Å². The zero-order chi connectivity index (χ0) is 15.2. The van der Waals surface area contributed by atoms with Crippen LogP contribution in [-0.2, 0) is 12.7 Å². The second-order valence-electron chi connectivity index (χ2n) is 4.66. The minimum atomic E-state index is -4.44. The highest BCUT2D eigenvalue weighted by Gasteiger charge is 2.33. The summed E-state index contributed by atoms with van der Waals surface area (Å²) in [5.74, 6) is 0. The van der Waals surface area contributed by atoms with Crippen LogP contribution in [0.5, 0.6) is 0 Å². The molecule has 0 spiro atoms. The number of hydrogen-bond acceptors (Lipinski definition) is 3. The van der Waals surface area contributed by atoms with Gasteiger partial charge in [0.1, 0.15) is 0 Å². The van der Waals surface area contributed by atoms with Crippen molar-refractivity contribution in [3.63, 3.8) is 0 Å². The molecule has 0 saturated carbocycles. The summed E-state index contributed by atoms with van der Waals surface area (Å²) in [6.07, 6.45) is -1.54. The Kier molecular flexibility index (Phi) is 3.13. The van der Waals surface area contributed by atoms with Crippen molar-refractivity contribution in [2.45, 2.75) is 12.7 Å². The summed E-state index contributed by atoms with van der Waals surface area (Å²) in [6.45, 7) is 0.222. The van der Waals surface area contributed by atoms with Crippen LogP contribution in [0.25, 0.3) is 11.3 Å². The van der Waals surface area contributed by atoms with E-state index in [1.807, 2.05) is 0 Å². The first kappa shape index (κ1) is 13.9. The van der Waals surface area contributed by atoms with Gasteiger partial charge in [-0.25, -0.2) is 0 Å². The summed E-state index contributed by atoms with van der Waals surface area (Å²) < 4.78 is 39.0. The number of fused-ring (bicyclic) bond motifs is 1. The molecule has 21 heavy (non-hydrogen) atoms. The number of anilines is 1. The molecule has 0 fully saturated rings. The van der Waals surface area contributed by atoms with Crippen molar-refractivity contribution in [2.24, 2.45) is 4.99 Å². The molecule has 7 heteroatoms. The summed E-state index contributed by atoms with van der Waals surface area (Å²) >= 11 is 5.78. The third-order valence-electron chi connectivity index (χ3n) is 3.21. The van der Waals surface area contributed by atoms with Crippen LogP contribution in [0.1, 0.15) is 16.7 Å². The lowest BCUT2D eigenvalue weighted by Crippen LogP contribution is -2.08. The monoisotopic (exact) mass is 311 g/mol. The first-order valence-corrected chi connectivity index (χ1v) is 6.39. The molecular weight excluding hydrogens is 303 g/mol. The number of benzene rings is 1. The van der Waals surface area contributed by atoms with Crippen molar-refractivity contribution in [1.29, 1.82) is 0 Å². The molecule has 1 aromatic heterocycles. The van der Waals surface area contributed by atoms with E-state index in [0.717, 1.165) is 12.1 Å². The van der Waals surface area contributed by atoms with Crippen molar-refractivity contribution >= 4 is 23.5 Å². The zero-order valence-electron chi connectivity index (χ0n) is 10.6. The Labute approximate surface area is 123 Å². The number of aliphatic imine (C=N–C) groups is 1. The predicted octanol–water partition coefficient (Wildman–Crippen LogP) is 3.94. The van der Waals surface area contributed by atoms with Crippen molar-refractivity contribution < 1.29 is 13.2 Å². The summed E-state index contributed by atoms with van der Waals surface area (Å²) in [6, 6.07) is 3.61. The number of aromatic nitrogens is 1. The molecule has 0 aliphatic carbocycles. The largest absolute Gasteiger partial charge is 0.416 e. The Hall–Kier alpha value is -2.08. The minimum absolute atomic E-state index is 0.222. The van der Waals surface area contributed by atoms with Crippen LogP contribution in [0.15, 0.2) is 29.4 Å². The first-order chi connectivity index (χ1) is 9.86. The van der Waals surface area contributed by atoms with E-state index < -0.39 is 11.7 Å². The quantitative estimate of drug-likeness (QED) is 0.867. The maximum Gasteiger partial charge on any atom is 0.416 e. The highest BCUT2D eigenvalue weighted by Crippen LogP contribution is 2.38. The fourth-order valence-corrected chi connectivity index (χ4v) is 2.44. The predicted molar refractivity (Wildman–Crippen MR) is 75.4 cm³/mol. The van der Waals surface area contributed by atoms with Gasteiger partial charge in [0, 0.05) is 23.5 Å². The number of halogens is 4. The number of rotatable bonds is 1. The first-order valence-electron chi connectivity index (χ1n) is 6.01. The van der Waals surface area contributed by atoms with Crippen LogP contribution in [0, 0.1) is 0 Å². The Balaban J connectivity index is 2.26. The van der Waals surface area contributed by atoms with Crippen molar-refractivity contribution in [3.8, 4) is 11.3 Å². The summed E-state index contributed by atoms with van der Waals surface area (Å²) in [7, 11) is 0. The number of pyridine rings is 1. The molecule has 0 saturated heterocycles. The summed E-state index contributed by atoms with van der Waals surface area (Å²) in [5.41, 5.74) is 7.04. The molecule has 2 N–H and O–H groups in total. The molecule has 3 nitrogen and oxygen atoms in total. The molecule has 0 atom stereocenters. The van der Waals surface area contributed by atoms with Crippen LogP contribution in [-0.4, -0.2) is 11.2 Å². The number of nitrogens with zero attached hydrogens (tertiary/aromatic N) is 2. The molecule has 2 aromatic rings. The molecule has 0 bridgehead atoms. The molecule has 0 unspecified atom stereocenters. The Morgan fingerprint density at radius 2 is 1.95 bits per heavy atom. The molecule has 2 heterocycles. The maximum absolute atomic E-state index is 13.0. The average Bonchev–Trinajstić information content (AvgIpc) is 2.85. The lowest BCUT2D eigenvalue weighted by molar-refractivity contribution is -0.137. The second kappa shape index (κ2) is 4.73. The van der Waals surface area contributed by atoms with Gasteiger partial charge in [0.15, 0.2) is 0 Å². The zero-order valence-corrected chi connectivity index (χ0v) is 11.3. The van der Waals surface area contributed by atoms with Gasteiger partial charge in [0.25, 0.3) is 0 Å². The lowest BCUT2D eigenvalue weighted by atomic mass is 9.96. The number of nitrogen functional groups attached to an aromatic ring is 1. The lowest BCUT2D eigenvalue weighted by Gasteiger charge is -2.14. The Morgan fingerprint density at radius 1 is 1.19 bits per heavy atom. The Bertz CT molecular complexity index is 754. The smallest absolute Gasteiger partial charge is 0.397 e. The molecule has 1 aliphatic rings. The van der Waals surface area contributed by atoms with Gasteiger partial charge in [-0.15, -0.1) is 0 Å². The van der Waals surface area contributed by atoms with E-state index in [4.69, 9.17) is 17.3 Å². The van der Waals surface area contributed by atoms with E-state index in [2.05, 4.69) is 9.98 Å². The fraction of sp³-hybridized carbons (Fsp3) is 0.143. The second-order valence-corrected chi connectivity index (χ2v) is 5.09. The third-order valence-corrected chi connectivity index (χ3v) is 3.42. The van der Waals surface area contributed by atoms with E-state index in [9.17, 15) is 13.2 Å². The van der Waals surface area contributed by atoms with Gasteiger partial charge >= 0.3 is 6.18 Å². The number of alkyl halides is 3. The van der Waals surface area contributed by atoms with E-state index >= 15 is 0 Å². The third kappa shape index (κ3) is 2.47. The van der Waals surface area contributed by atoms with Crippen LogP contribution >= 0.6 is 11.6 Å². The summed E-state index contributed by atoms with van der Waals surface area (Å²) in [4.78, 5) is 8.08. The highest BCUT2D eigenvalue weighted by atomic mass is 35.5. The van der Waals surface area contributed by atoms with Crippen LogP contribution in [0.4, 0.5) is 18.9 Å². The average molecular weight is 312 g/mol. The fourth-order valence-electron chi connectivity index (χ4n) is 2.27. The standard InChI is InChI=1S/C14H9ClF3N3/c15-9-3-12(19)13(21-5-9)10-2-8(14(16,17)18)1-7-4-20-6-11(7)10/h1-3,5-6H,4,19H2. The van der Waals surface area contributed by atoms with Crippen molar-refractivity contribution in [1.82, 2.24) is 4.98 Å². The molecule has 1 aliphatic heterocycles. The van der Waals surface area contributed by atoms with Crippen LogP contribution in [0.3, 0.4) is 0 Å². The van der Waals surface area contributed by atoms with Crippen molar-refractivity contribution in [2.75, 3.05) is 5.73 Å². The topological polar surface area (TPSA) is 51.3 Å². The van der Waals surface area contributed by atoms with E-state index in [1.54, 1.807) is 6.21 Å². The van der Waals surface area contributed by atoms with Crippen LogP contribution in [0.2, 0.25) is 5.02 Å². The van der Waals surface area contributed by atoms with Gasteiger partial charge in [-0.1, -0.05) is 11.6 Å². The van der Waals surface area contributed by atoms with Gasteiger partial charge in [-0.3, -0.25) is 9.98 Å². The minimum Gasteiger partial charge on any atom is -0.397 e. The Morgan fingerprint density at radius 3 is 2.62 bits per heavy atom. The van der Waals surface area contributed by atoms with Crippen LogP contribution < -0.4 is 5.73 Å². The molecule has 0 radical (unpaired) electrons. The summed E-state index contributed by atoms with van der Waals surface area (Å²) in [5, 5.41) is 0.327. The van der Waals surface area contributed by atoms with E-state index in [1.165, 1.54) is 12.3 Å². The van der Waals surface area contributed by atoms with Gasteiger partial charge in [-0.2, -0.15) is 13.2 Å². The molecule has 108 valence electrons. The number of nitrogens with two attached hydrogens (primary N) is 1. The van der Waals surface area contributed by atoms with Gasteiger partial charge in [0.2, 0.25) is 0 Å². The highest BCUT2D eigenvalue weighted by molar-refractivity contribution is 6.30. The number of hydrogen-bond donors (Lipinski definition) is 1. The van der Waals surface area contributed by atoms with Gasteiger partial charge < -0.3 is 5.73 Å². The SMILES string of the molecule is Nc1cc(Cl)cnc1-c1cc(C(F)(F)F)cc2c1C=NC2. The normalized spacial score (nSPS) is 13.5. The molecule has 3 rings (SSSR count).